The first-order valence-electron chi connectivity index (χ1n) is 23.8. The molecule has 0 spiro atoms. The van der Waals surface area contributed by atoms with Crippen molar-refractivity contribution in [1.82, 2.24) is 19.5 Å². The summed E-state index contributed by atoms with van der Waals surface area (Å²) in [7, 11) is -1.37. The van der Waals surface area contributed by atoms with Crippen molar-refractivity contribution in [1.29, 1.82) is 0 Å². The molecule has 0 bridgehead atoms. The van der Waals surface area contributed by atoms with Gasteiger partial charge in [0.1, 0.15) is 0 Å². The number of aromatic nitrogens is 4. The van der Waals surface area contributed by atoms with Gasteiger partial charge in [-0.05, 0) is 117 Å². The van der Waals surface area contributed by atoms with Crippen LogP contribution in [0, 0.1) is 12.1 Å². The second-order valence-corrected chi connectivity index (χ2v) is 26.0. The molecule has 1 aliphatic carbocycles. The SMILES string of the molecule is CC(C)c1cc(-c2ccccc2)cc(C(C)C)c1-n1c(-c2[c-]cc(C(C)C)c3c2sc2ccccc23)nc2ccccc21.C[Si](C)(C)c1cnc(-c2[c-]cncc2)cc1C1CCCCC1.[Ir]. The van der Waals surface area contributed by atoms with E-state index < -0.39 is 8.07 Å². The maximum Gasteiger partial charge on any atom is 0.0798 e. The van der Waals surface area contributed by atoms with E-state index in [1.54, 1.807) is 11.8 Å². The van der Waals surface area contributed by atoms with Crippen LogP contribution in [-0.2, 0) is 20.1 Å². The Bertz CT molecular complexity index is 3070. The van der Waals surface area contributed by atoms with Crippen molar-refractivity contribution >= 4 is 55.8 Å². The van der Waals surface area contributed by atoms with Gasteiger partial charge >= 0.3 is 0 Å². The fourth-order valence-corrected chi connectivity index (χ4v) is 12.7. The third-order valence-electron chi connectivity index (χ3n) is 13.3. The quantitative estimate of drug-likeness (QED) is 0.107. The van der Waals surface area contributed by atoms with Gasteiger partial charge in [-0.25, -0.2) is 0 Å². The van der Waals surface area contributed by atoms with Gasteiger partial charge in [0.25, 0.3) is 0 Å². The summed E-state index contributed by atoms with van der Waals surface area (Å²) in [5.41, 5.74) is 14.7. The molecule has 66 heavy (non-hydrogen) atoms. The Balaban J connectivity index is 0.000000217. The van der Waals surface area contributed by atoms with Crippen LogP contribution in [0.1, 0.15) is 120 Å². The average Bonchev–Trinajstić information content (AvgIpc) is 3.91. The Morgan fingerprint density at radius 1 is 0.712 bits per heavy atom. The van der Waals surface area contributed by atoms with Crippen LogP contribution in [0.15, 0.2) is 128 Å². The fourth-order valence-electron chi connectivity index (χ4n) is 9.92. The molecule has 1 radical (unpaired) electrons. The van der Waals surface area contributed by atoms with Crippen LogP contribution in [-0.4, -0.2) is 27.6 Å². The normalized spacial score (nSPS) is 13.5. The van der Waals surface area contributed by atoms with Crippen molar-refractivity contribution in [2.45, 2.75) is 117 Å². The van der Waals surface area contributed by atoms with E-state index in [2.05, 4.69) is 192 Å². The van der Waals surface area contributed by atoms with Crippen LogP contribution in [0.3, 0.4) is 0 Å². The number of nitrogens with zero attached hydrogens (tertiary/aromatic N) is 4. The molecule has 0 saturated heterocycles. The summed E-state index contributed by atoms with van der Waals surface area (Å²) in [4.78, 5) is 14.2. The molecule has 0 atom stereocenters. The van der Waals surface area contributed by atoms with Crippen molar-refractivity contribution in [3.05, 3.63) is 162 Å². The average molecular weight is 1080 g/mol. The zero-order valence-corrected chi connectivity index (χ0v) is 44.2. The summed E-state index contributed by atoms with van der Waals surface area (Å²) in [5, 5.41) is 4.20. The first kappa shape index (κ1) is 47.4. The second kappa shape index (κ2) is 20.0. The van der Waals surface area contributed by atoms with Gasteiger partial charge in [-0.15, -0.1) is 23.8 Å². The third-order valence-corrected chi connectivity index (χ3v) is 16.5. The van der Waals surface area contributed by atoms with Gasteiger partial charge in [-0.2, -0.15) is 23.0 Å². The number of para-hydroxylation sites is 2. The standard InChI is InChI=1S/C40H37N2S.C19H25N2Si.Ir/c1-24(2)29-20-21-31(39-37(29)30-16-10-13-19-36(30)43-39)40-41-34-17-11-12-18-35(34)42(40)38-32(25(3)4)22-28(23-33(38)26(5)6)27-14-8-7-9-15-27;1-22(2,3)19-14-21-18(16-9-11-20-12-10-16)13-17(19)15-7-5-4-6-8-15;/h7-20,22-26H,1-6H3;9,11-15H,4-8H2,1-3H3;/q2*-1;. The molecular formula is C59H62IrN4SSi-2. The number of imidazole rings is 1. The van der Waals surface area contributed by atoms with E-state index >= 15 is 0 Å². The summed E-state index contributed by atoms with van der Waals surface area (Å²) >= 11 is 1.86. The van der Waals surface area contributed by atoms with E-state index in [4.69, 9.17) is 9.97 Å². The minimum absolute atomic E-state index is 0. The third kappa shape index (κ3) is 9.42. The molecule has 1 fully saturated rings. The summed E-state index contributed by atoms with van der Waals surface area (Å²) < 4.78 is 5.02. The van der Waals surface area contributed by atoms with Crippen molar-refractivity contribution in [2.75, 3.05) is 0 Å². The van der Waals surface area contributed by atoms with E-state index in [9.17, 15) is 0 Å². The second-order valence-electron chi connectivity index (χ2n) is 19.9. The minimum Gasteiger partial charge on any atom is -0.333 e. The topological polar surface area (TPSA) is 43.6 Å². The van der Waals surface area contributed by atoms with Crippen molar-refractivity contribution in [2.24, 2.45) is 0 Å². The Morgan fingerprint density at radius 3 is 2.05 bits per heavy atom. The first-order chi connectivity index (χ1) is 31.4. The van der Waals surface area contributed by atoms with E-state index in [-0.39, 0.29) is 20.1 Å². The maximum absolute atomic E-state index is 5.37. The van der Waals surface area contributed by atoms with Gasteiger partial charge in [0.15, 0.2) is 0 Å². The summed E-state index contributed by atoms with van der Waals surface area (Å²) in [6, 6.07) is 46.5. The molecule has 0 N–H and O–H groups in total. The summed E-state index contributed by atoms with van der Waals surface area (Å²) in [5.74, 6) is 2.72. The minimum atomic E-state index is -1.37. The Kier molecular flexibility index (Phi) is 14.4. The number of benzene rings is 5. The van der Waals surface area contributed by atoms with E-state index in [1.807, 2.05) is 23.6 Å². The molecule has 0 amide bonds. The molecule has 1 aliphatic rings. The first-order valence-corrected chi connectivity index (χ1v) is 28.1. The van der Waals surface area contributed by atoms with Crippen LogP contribution in [0.5, 0.6) is 0 Å². The molecule has 10 rings (SSSR count). The summed E-state index contributed by atoms with van der Waals surface area (Å²) in [6.07, 6.45) is 12.5. The number of hydrogen-bond donors (Lipinski definition) is 0. The Morgan fingerprint density at radius 2 is 1.38 bits per heavy atom. The van der Waals surface area contributed by atoms with E-state index in [0.29, 0.717) is 17.8 Å². The molecule has 1 saturated carbocycles. The number of hydrogen-bond acceptors (Lipinski definition) is 4. The van der Waals surface area contributed by atoms with Crippen LogP contribution in [0.4, 0.5) is 0 Å². The molecule has 5 aromatic carbocycles. The van der Waals surface area contributed by atoms with Crippen molar-refractivity contribution in [3.63, 3.8) is 0 Å². The van der Waals surface area contributed by atoms with E-state index in [0.717, 1.165) is 39.6 Å². The number of rotatable bonds is 9. The molecular weight excluding hydrogens is 1020 g/mol. The predicted molar refractivity (Wildman–Crippen MR) is 281 cm³/mol. The van der Waals surface area contributed by atoms with Gasteiger partial charge in [0.05, 0.1) is 24.9 Å². The maximum atomic E-state index is 5.37. The van der Waals surface area contributed by atoms with Gasteiger partial charge in [0.2, 0.25) is 0 Å². The van der Waals surface area contributed by atoms with Crippen LogP contribution in [0.25, 0.3) is 70.7 Å². The van der Waals surface area contributed by atoms with Crippen LogP contribution < -0.4 is 5.19 Å². The van der Waals surface area contributed by atoms with Crippen LogP contribution >= 0.6 is 11.3 Å². The smallest absolute Gasteiger partial charge is 0.0798 e. The molecule has 7 heteroatoms. The van der Waals surface area contributed by atoms with Crippen molar-refractivity contribution in [3.8, 4) is 39.5 Å². The van der Waals surface area contributed by atoms with Gasteiger partial charge in [-0.1, -0.05) is 170 Å². The molecule has 4 aromatic heterocycles. The largest absolute Gasteiger partial charge is 0.333 e. The van der Waals surface area contributed by atoms with Gasteiger partial charge in [-0.3, -0.25) is 9.97 Å². The monoisotopic (exact) mass is 1080 g/mol. The van der Waals surface area contributed by atoms with Gasteiger partial charge < -0.3 is 9.55 Å². The molecule has 339 valence electrons. The Hall–Kier alpha value is -5.04. The fraction of sp³-hybridized carbons (Fsp3) is 0.305. The molecule has 0 unspecified atom stereocenters. The molecule has 4 nitrogen and oxygen atoms in total. The van der Waals surface area contributed by atoms with Gasteiger partial charge in [0, 0.05) is 36.7 Å². The number of pyridine rings is 2. The zero-order chi connectivity index (χ0) is 45.4. The summed E-state index contributed by atoms with van der Waals surface area (Å²) in [6.45, 7) is 21.1. The molecule has 4 heterocycles. The molecule has 9 aromatic rings. The Labute approximate surface area is 411 Å². The zero-order valence-electron chi connectivity index (χ0n) is 40.0. The number of thiophene rings is 1. The van der Waals surface area contributed by atoms with E-state index in [1.165, 1.54) is 91.0 Å². The predicted octanol–water partition coefficient (Wildman–Crippen LogP) is 16.4. The molecule has 0 aliphatic heterocycles. The number of fused-ring (bicyclic) bond motifs is 4. The van der Waals surface area contributed by atoms with Crippen LogP contribution in [0.2, 0.25) is 19.6 Å². The van der Waals surface area contributed by atoms with Crippen molar-refractivity contribution < 1.29 is 20.1 Å².